The van der Waals surface area contributed by atoms with Gasteiger partial charge in [0, 0.05) is 17.3 Å². The summed E-state index contributed by atoms with van der Waals surface area (Å²) in [4.78, 5) is 25.5. The molecule has 156 valence electrons. The highest BCUT2D eigenvalue weighted by Gasteiger charge is 2.25. The first kappa shape index (κ1) is 22.1. The number of rotatable bonds is 8. The Balaban J connectivity index is 2.18. The quantitative estimate of drug-likeness (QED) is 0.709. The van der Waals surface area contributed by atoms with Crippen LogP contribution in [0.15, 0.2) is 36.4 Å². The topological polar surface area (TPSA) is 85.9 Å². The summed E-state index contributed by atoms with van der Waals surface area (Å²) >= 11 is 0. The lowest BCUT2D eigenvalue weighted by Crippen LogP contribution is -2.47. The van der Waals surface area contributed by atoms with Crippen LogP contribution in [0.2, 0.25) is 0 Å². The van der Waals surface area contributed by atoms with E-state index in [1.807, 2.05) is 20.8 Å². The van der Waals surface area contributed by atoms with Gasteiger partial charge < -0.3 is 24.8 Å². The zero-order valence-corrected chi connectivity index (χ0v) is 17.7. The molecule has 2 aromatic carbocycles. The molecule has 0 saturated carbocycles. The number of carbonyl (C=O) groups excluding carboxylic acids is 2. The number of hydrogen-bond acceptors (Lipinski definition) is 5. The second kappa shape index (κ2) is 9.82. The summed E-state index contributed by atoms with van der Waals surface area (Å²) in [7, 11) is 4.65. The second-order valence-electron chi connectivity index (χ2n) is 6.94. The maximum Gasteiger partial charge on any atom is 0.251 e. The van der Waals surface area contributed by atoms with Gasteiger partial charge in [0.25, 0.3) is 5.91 Å². The molecule has 0 radical (unpaired) electrons. The minimum atomic E-state index is -0.711. The van der Waals surface area contributed by atoms with E-state index in [1.165, 1.54) is 7.11 Å². The Morgan fingerprint density at radius 3 is 2.00 bits per heavy atom. The predicted octanol–water partition coefficient (Wildman–Crippen LogP) is 3.41. The van der Waals surface area contributed by atoms with E-state index in [9.17, 15) is 9.59 Å². The number of methoxy groups -OCH3 is 3. The van der Waals surface area contributed by atoms with Gasteiger partial charge in [0.2, 0.25) is 5.91 Å². The van der Waals surface area contributed by atoms with Gasteiger partial charge in [-0.05, 0) is 48.7 Å². The third kappa shape index (κ3) is 5.40. The fraction of sp³-hybridized carbons (Fsp3) is 0.364. The molecule has 1 unspecified atom stereocenters. The number of hydrogen-bond donors (Lipinski definition) is 2. The molecular weight excluding hydrogens is 372 g/mol. The van der Waals surface area contributed by atoms with Crippen molar-refractivity contribution in [2.45, 2.75) is 26.8 Å². The molecule has 2 amide bonds. The van der Waals surface area contributed by atoms with Crippen molar-refractivity contribution in [1.29, 1.82) is 0 Å². The molecule has 0 aromatic heterocycles. The van der Waals surface area contributed by atoms with Crippen LogP contribution in [0.4, 0.5) is 5.69 Å². The van der Waals surface area contributed by atoms with Crippen LogP contribution in [0.1, 0.15) is 29.8 Å². The van der Waals surface area contributed by atoms with E-state index < -0.39 is 6.04 Å². The van der Waals surface area contributed by atoms with Crippen molar-refractivity contribution in [3.63, 3.8) is 0 Å². The van der Waals surface area contributed by atoms with Crippen molar-refractivity contribution < 1.29 is 23.8 Å². The van der Waals surface area contributed by atoms with Gasteiger partial charge in [-0.2, -0.15) is 0 Å². The van der Waals surface area contributed by atoms with E-state index in [2.05, 4.69) is 10.6 Å². The number of carbonyl (C=O) groups is 2. The van der Waals surface area contributed by atoms with E-state index in [1.54, 1.807) is 50.6 Å². The molecular formula is C22H28N2O5. The van der Waals surface area contributed by atoms with Gasteiger partial charge in [0.05, 0.1) is 21.3 Å². The highest BCUT2D eigenvalue weighted by Crippen LogP contribution is 2.33. The normalized spacial score (nSPS) is 11.6. The van der Waals surface area contributed by atoms with Crippen LogP contribution in [-0.2, 0) is 4.79 Å². The molecule has 1 atom stereocenters. The third-order valence-electron chi connectivity index (χ3n) is 4.58. The molecule has 0 aliphatic rings. The first-order valence-electron chi connectivity index (χ1n) is 9.29. The Bertz CT molecular complexity index is 862. The molecule has 7 nitrogen and oxygen atoms in total. The maximum atomic E-state index is 12.9. The molecule has 0 bridgehead atoms. The van der Waals surface area contributed by atoms with Crippen LogP contribution in [0.3, 0.4) is 0 Å². The summed E-state index contributed by atoms with van der Waals surface area (Å²) in [6, 6.07) is 9.49. The van der Waals surface area contributed by atoms with Gasteiger partial charge >= 0.3 is 0 Å². The van der Waals surface area contributed by atoms with Gasteiger partial charge in [-0.1, -0.05) is 13.8 Å². The van der Waals surface area contributed by atoms with Crippen molar-refractivity contribution in [3.8, 4) is 17.2 Å². The number of aryl methyl sites for hydroxylation is 1. The smallest absolute Gasteiger partial charge is 0.251 e. The van der Waals surface area contributed by atoms with Crippen LogP contribution in [-0.4, -0.2) is 39.2 Å². The molecule has 0 spiro atoms. The Labute approximate surface area is 171 Å². The van der Waals surface area contributed by atoms with Crippen LogP contribution in [0, 0.1) is 12.8 Å². The van der Waals surface area contributed by atoms with Crippen LogP contribution < -0.4 is 24.8 Å². The second-order valence-corrected chi connectivity index (χ2v) is 6.94. The average Bonchev–Trinajstić information content (AvgIpc) is 2.72. The molecule has 0 heterocycles. The SMILES string of the molecule is COc1ccc(C(=O)NC(C(=O)Nc2cc(OC)c(OC)cc2C)C(C)C)cc1. The van der Waals surface area contributed by atoms with Gasteiger partial charge in [0.15, 0.2) is 11.5 Å². The number of nitrogens with one attached hydrogen (secondary N) is 2. The van der Waals surface area contributed by atoms with E-state index in [0.29, 0.717) is 28.5 Å². The fourth-order valence-electron chi connectivity index (χ4n) is 2.83. The van der Waals surface area contributed by atoms with E-state index in [4.69, 9.17) is 14.2 Å². The number of benzene rings is 2. The highest BCUT2D eigenvalue weighted by molar-refractivity contribution is 6.01. The highest BCUT2D eigenvalue weighted by atomic mass is 16.5. The summed E-state index contributed by atoms with van der Waals surface area (Å²) in [5, 5.41) is 5.70. The zero-order valence-electron chi connectivity index (χ0n) is 17.7. The number of ether oxygens (including phenoxy) is 3. The van der Waals surface area contributed by atoms with Crippen molar-refractivity contribution in [2.75, 3.05) is 26.6 Å². The first-order chi connectivity index (χ1) is 13.8. The minimum Gasteiger partial charge on any atom is -0.497 e. The van der Waals surface area contributed by atoms with Gasteiger partial charge in [-0.3, -0.25) is 9.59 Å². The van der Waals surface area contributed by atoms with Crippen LogP contribution in [0.25, 0.3) is 0 Å². The number of amides is 2. The monoisotopic (exact) mass is 400 g/mol. The Morgan fingerprint density at radius 1 is 0.897 bits per heavy atom. The molecule has 0 aliphatic heterocycles. The van der Waals surface area contributed by atoms with Crippen LogP contribution in [0.5, 0.6) is 17.2 Å². The zero-order chi connectivity index (χ0) is 21.6. The first-order valence-corrected chi connectivity index (χ1v) is 9.29. The van der Waals surface area contributed by atoms with Crippen molar-refractivity contribution in [2.24, 2.45) is 5.92 Å². The van der Waals surface area contributed by atoms with E-state index >= 15 is 0 Å². The average molecular weight is 400 g/mol. The van der Waals surface area contributed by atoms with Gasteiger partial charge in [-0.15, -0.1) is 0 Å². The summed E-state index contributed by atoms with van der Waals surface area (Å²) < 4.78 is 15.7. The Morgan fingerprint density at radius 2 is 1.48 bits per heavy atom. The minimum absolute atomic E-state index is 0.113. The Hall–Kier alpha value is -3.22. The molecule has 29 heavy (non-hydrogen) atoms. The molecule has 2 N–H and O–H groups in total. The van der Waals surface area contributed by atoms with Crippen molar-refractivity contribution in [1.82, 2.24) is 5.32 Å². The fourth-order valence-corrected chi connectivity index (χ4v) is 2.83. The molecule has 0 aliphatic carbocycles. The summed E-state index contributed by atoms with van der Waals surface area (Å²) in [5.74, 6) is 0.997. The number of anilines is 1. The lowest BCUT2D eigenvalue weighted by Gasteiger charge is -2.23. The largest absolute Gasteiger partial charge is 0.497 e. The molecule has 7 heteroatoms. The molecule has 2 rings (SSSR count). The van der Waals surface area contributed by atoms with Gasteiger partial charge in [0.1, 0.15) is 11.8 Å². The summed E-state index contributed by atoms with van der Waals surface area (Å²) in [6.07, 6.45) is 0. The van der Waals surface area contributed by atoms with Gasteiger partial charge in [-0.25, -0.2) is 0 Å². The maximum absolute atomic E-state index is 12.9. The predicted molar refractivity (Wildman–Crippen MR) is 112 cm³/mol. The molecule has 2 aromatic rings. The summed E-state index contributed by atoms with van der Waals surface area (Å²) in [5.41, 5.74) is 1.86. The lowest BCUT2D eigenvalue weighted by molar-refractivity contribution is -0.118. The van der Waals surface area contributed by atoms with E-state index in [-0.39, 0.29) is 17.7 Å². The molecule has 0 fully saturated rings. The van der Waals surface area contributed by atoms with E-state index in [0.717, 1.165) is 5.56 Å². The lowest BCUT2D eigenvalue weighted by atomic mass is 10.0. The van der Waals surface area contributed by atoms with Crippen molar-refractivity contribution >= 4 is 17.5 Å². The molecule has 0 saturated heterocycles. The van der Waals surface area contributed by atoms with Crippen LogP contribution >= 0.6 is 0 Å². The van der Waals surface area contributed by atoms with Crippen molar-refractivity contribution in [3.05, 3.63) is 47.5 Å². The third-order valence-corrected chi connectivity index (χ3v) is 4.58. The Kier molecular flexibility index (Phi) is 7.47. The summed E-state index contributed by atoms with van der Waals surface area (Å²) in [6.45, 7) is 5.61. The standard InChI is InChI=1S/C22H28N2O5/c1-13(2)20(24-21(25)15-7-9-16(27-4)10-8-15)22(26)23-17-12-19(29-6)18(28-5)11-14(17)3/h7-13,20H,1-6H3,(H,23,26)(H,24,25).